The Labute approximate surface area is 326 Å². The average Bonchev–Trinajstić information content (AvgIpc) is 3.16. The van der Waals surface area contributed by atoms with Crippen LogP contribution >= 0.6 is 0 Å². The molecule has 2 aromatic carbocycles. The van der Waals surface area contributed by atoms with Gasteiger partial charge in [-0.25, -0.2) is 0 Å². The van der Waals surface area contributed by atoms with Crippen molar-refractivity contribution in [2.45, 2.75) is 78.3 Å². The molecule has 0 fully saturated rings. The number of hydrogen-bond donors (Lipinski definition) is 7. The van der Waals surface area contributed by atoms with E-state index in [1.54, 1.807) is 0 Å². The number of phenols is 1. The summed E-state index contributed by atoms with van der Waals surface area (Å²) in [4.78, 5) is 64.5. The molecule has 3 rings (SSSR count). The Balaban J connectivity index is 2.15. The van der Waals surface area contributed by atoms with E-state index in [9.17, 15) is 29.1 Å². The summed E-state index contributed by atoms with van der Waals surface area (Å²) in [5.41, 5.74) is 18.7. The maximum absolute atomic E-state index is 14.5. The number of aromatic hydroxyl groups is 1. The van der Waals surface area contributed by atoms with Gasteiger partial charge in [0.1, 0.15) is 40.4 Å². The van der Waals surface area contributed by atoms with Crippen molar-refractivity contribution in [1.29, 1.82) is 0 Å². The first-order chi connectivity index (χ1) is 26.8. The molecule has 3 amide bonds. The van der Waals surface area contributed by atoms with Gasteiger partial charge >= 0.3 is 0 Å². The number of allylic oxidation sites excluding steroid dienone is 4. The van der Waals surface area contributed by atoms with E-state index in [4.69, 9.17) is 35.8 Å². The summed E-state index contributed by atoms with van der Waals surface area (Å²) in [5.74, 6) is -1.62. The van der Waals surface area contributed by atoms with Gasteiger partial charge in [-0.3, -0.25) is 19.2 Å². The minimum Gasteiger partial charge on any atom is -0.507 e. The third-order valence-corrected chi connectivity index (χ3v) is 8.68. The fourth-order valence-electron chi connectivity index (χ4n) is 5.86. The highest BCUT2D eigenvalue weighted by molar-refractivity contribution is 5.98. The summed E-state index contributed by atoms with van der Waals surface area (Å²) in [6.45, 7) is 7.67. The van der Waals surface area contributed by atoms with Gasteiger partial charge in [0, 0.05) is 36.3 Å². The number of benzene rings is 2. The van der Waals surface area contributed by atoms with Crippen LogP contribution in [0.5, 0.6) is 23.0 Å². The predicted octanol–water partition coefficient (Wildman–Crippen LogP) is 2.16. The molecule has 0 radical (unpaired) electrons. The summed E-state index contributed by atoms with van der Waals surface area (Å²) in [6, 6.07) is 1.23. The molecule has 56 heavy (non-hydrogen) atoms. The maximum Gasteiger partial charge on any atom is 0.258 e. The fourth-order valence-corrected chi connectivity index (χ4v) is 5.86. The zero-order valence-corrected chi connectivity index (χ0v) is 32.9. The molecule has 16 heteroatoms. The number of carbonyl (C=O) groups excluding carboxylic acids is 4. The molecule has 10 N–H and O–H groups in total. The van der Waals surface area contributed by atoms with Gasteiger partial charge in [-0.15, -0.1) is 0 Å². The van der Waals surface area contributed by atoms with Gasteiger partial charge in [-0.2, -0.15) is 0 Å². The number of carbonyl (C=O) groups is 4. The maximum atomic E-state index is 14.5. The zero-order valence-electron chi connectivity index (χ0n) is 32.9. The number of rotatable bonds is 23. The lowest BCUT2D eigenvalue weighted by Gasteiger charge is -2.19. The molecule has 0 aliphatic carbocycles. The van der Waals surface area contributed by atoms with Crippen LogP contribution in [0.3, 0.4) is 0 Å². The van der Waals surface area contributed by atoms with Crippen molar-refractivity contribution in [2.75, 3.05) is 46.5 Å². The minimum absolute atomic E-state index is 0.0471. The molecule has 2 unspecified atom stereocenters. The normalized spacial score (nSPS) is 12.0. The van der Waals surface area contributed by atoms with Crippen LogP contribution in [0.1, 0.15) is 64.5 Å². The zero-order chi connectivity index (χ0) is 41.4. The first-order valence-electron chi connectivity index (χ1n) is 18.6. The quantitative estimate of drug-likeness (QED) is 0.0414. The van der Waals surface area contributed by atoms with E-state index in [0.29, 0.717) is 50.6 Å². The first-order valence-corrected chi connectivity index (χ1v) is 18.6. The Morgan fingerprint density at radius 1 is 0.821 bits per heavy atom. The second-order valence-electron chi connectivity index (χ2n) is 13.7. The number of phenolic OH excluding ortho intramolecular Hbond substituents is 1. The number of nitrogens with two attached hydrogens (primary N) is 3. The van der Waals surface area contributed by atoms with E-state index in [1.165, 1.54) is 19.2 Å². The van der Waals surface area contributed by atoms with Gasteiger partial charge in [0.15, 0.2) is 24.7 Å². The molecule has 16 nitrogen and oxygen atoms in total. The Hall–Kier alpha value is -5.45. The molecule has 306 valence electrons. The highest BCUT2D eigenvalue weighted by Crippen LogP contribution is 2.41. The Bertz CT molecular complexity index is 1980. The van der Waals surface area contributed by atoms with Crippen LogP contribution in [0, 0.1) is 0 Å². The largest absolute Gasteiger partial charge is 0.507 e. The third-order valence-electron chi connectivity index (χ3n) is 8.68. The molecule has 0 saturated heterocycles. The van der Waals surface area contributed by atoms with E-state index in [1.807, 2.05) is 39.8 Å². The predicted molar refractivity (Wildman–Crippen MR) is 214 cm³/mol. The number of ether oxygens (including phenoxy) is 3. The summed E-state index contributed by atoms with van der Waals surface area (Å²) in [7, 11) is 1.40. The summed E-state index contributed by atoms with van der Waals surface area (Å²) in [6.07, 6.45) is 6.41. The van der Waals surface area contributed by atoms with E-state index >= 15 is 0 Å². The van der Waals surface area contributed by atoms with Crippen molar-refractivity contribution in [2.24, 2.45) is 17.2 Å². The van der Waals surface area contributed by atoms with Crippen molar-refractivity contribution in [1.82, 2.24) is 16.0 Å². The molecule has 0 aliphatic rings. The number of fused-ring (bicyclic) bond motifs is 2. The summed E-state index contributed by atoms with van der Waals surface area (Å²) >= 11 is 0. The lowest BCUT2D eigenvalue weighted by atomic mass is 9.98. The number of nitrogens with one attached hydrogen (secondary N) is 3. The summed E-state index contributed by atoms with van der Waals surface area (Å²) < 4.78 is 23.9. The minimum atomic E-state index is -0.872. The number of methoxy groups -OCH3 is 1. The molecule has 0 spiro atoms. The van der Waals surface area contributed by atoms with Crippen molar-refractivity contribution in [3.63, 3.8) is 0 Å². The Morgan fingerprint density at radius 3 is 1.98 bits per heavy atom. The molecular weight excluding hydrogens is 724 g/mol. The summed E-state index contributed by atoms with van der Waals surface area (Å²) in [5, 5.41) is 19.7. The molecule has 0 aliphatic heterocycles. The molecule has 2 atom stereocenters. The van der Waals surface area contributed by atoms with E-state index in [2.05, 4.69) is 16.0 Å². The van der Waals surface area contributed by atoms with Crippen LogP contribution in [-0.4, -0.2) is 87.7 Å². The Kier molecular flexibility index (Phi) is 17.8. The van der Waals surface area contributed by atoms with Crippen LogP contribution in [0.4, 0.5) is 0 Å². The van der Waals surface area contributed by atoms with Crippen molar-refractivity contribution in [3.8, 4) is 23.0 Å². The highest BCUT2D eigenvalue weighted by Gasteiger charge is 2.26. The lowest BCUT2D eigenvalue weighted by Crippen LogP contribution is -2.49. The molecule has 3 aromatic rings. The highest BCUT2D eigenvalue weighted by atomic mass is 16.5. The molecule has 1 heterocycles. The van der Waals surface area contributed by atoms with Gasteiger partial charge < -0.3 is 61.7 Å². The lowest BCUT2D eigenvalue weighted by molar-refractivity contribution is -0.130. The smallest absolute Gasteiger partial charge is 0.258 e. The van der Waals surface area contributed by atoms with E-state index in [0.717, 1.165) is 11.1 Å². The average molecular weight is 781 g/mol. The molecule has 0 saturated carbocycles. The second-order valence-corrected chi connectivity index (χ2v) is 13.7. The number of aldehydes is 1. The van der Waals surface area contributed by atoms with E-state index < -0.39 is 54.2 Å². The fraction of sp³-hybridized carbons (Fsp3) is 0.475. The number of hydrogen-bond acceptors (Lipinski definition) is 13. The monoisotopic (exact) mass is 780 g/mol. The first kappa shape index (κ1) is 44.9. The SMILES string of the molecule is COc1c(OCC(=O)NC(C=O)CCCN)cc2oc3cc(OCC(=O)NC(CCCN)C(=O)NCCN)c(CC=C(C)C)c(O)c3c(=O)c2c1CC=C(C)C. The third kappa shape index (κ3) is 12.3. The standard InChI is InChI=1S/C40H56N6O10/c1-23(2)10-12-26-29(54-22-34(49)46-28(9-7-15-42)40(52)44-17-16-43)18-31-36(37(26)50)38(51)35-27(13-11-24(3)4)39(53-5)32(19-30(35)56-31)55-21-33(48)45-25(20-47)8-6-14-41/h10-11,18-20,25,28,50H,6-9,12-17,21-22,41-43H2,1-5H3,(H,44,52)(H,45,48)(H,46,49). The topological polar surface area (TPSA) is 261 Å². The van der Waals surface area contributed by atoms with Gasteiger partial charge in [0.05, 0.1) is 18.5 Å². The van der Waals surface area contributed by atoms with Gasteiger partial charge in [0.2, 0.25) is 11.3 Å². The van der Waals surface area contributed by atoms with E-state index in [-0.39, 0.29) is 70.7 Å². The van der Waals surface area contributed by atoms with Crippen LogP contribution < -0.4 is 52.8 Å². The van der Waals surface area contributed by atoms with Crippen LogP contribution in [0.2, 0.25) is 0 Å². The van der Waals surface area contributed by atoms with Gasteiger partial charge in [0.25, 0.3) is 11.8 Å². The van der Waals surface area contributed by atoms with Gasteiger partial charge in [-0.05, 0) is 79.3 Å². The van der Waals surface area contributed by atoms with Crippen molar-refractivity contribution in [3.05, 3.63) is 56.8 Å². The van der Waals surface area contributed by atoms with Crippen molar-refractivity contribution >= 4 is 45.9 Å². The second kappa shape index (κ2) is 22.2. The Morgan fingerprint density at radius 2 is 1.39 bits per heavy atom. The van der Waals surface area contributed by atoms with Crippen LogP contribution in [0.15, 0.2) is 44.6 Å². The van der Waals surface area contributed by atoms with Crippen molar-refractivity contribution < 1.29 is 42.9 Å². The van der Waals surface area contributed by atoms with Gasteiger partial charge in [-0.1, -0.05) is 23.3 Å². The molecular formula is C40H56N6O10. The van der Waals surface area contributed by atoms with Crippen LogP contribution in [0.25, 0.3) is 21.9 Å². The molecule has 1 aromatic heterocycles. The van der Waals surface area contributed by atoms with Crippen LogP contribution in [-0.2, 0) is 32.0 Å². The number of amides is 3. The molecule has 0 bridgehead atoms.